The number of thiophene rings is 1. The molecule has 0 aliphatic heterocycles. The molecule has 24 heavy (non-hydrogen) atoms. The first-order valence-electron chi connectivity index (χ1n) is 7.71. The summed E-state index contributed by atoms with van der Waals surface area (Å²) in [6.45, 7) is 0.691. The third-order valence-electron chi connectivity index (χ3n) is 4.19. The highest BCUT2D eigenvalue weighted by Gasteiger charge is 2.21. The lowest BCUT2D eigenvalue weighted by Crippen LogP contribution is -2.23. The summed E-state index contributed by atoms with van der Waals surface area (Å²) >= 11 is 13.8. The van der Waals surface area contributed by atoms with E-state index in [1.165, 1.54) is 10.4 Å². The predicted molar refractivity (Wildman–Crippen MR) is 97.9 cm³/mol. The molecule has 1 aliphatic carbocycles. The Labute approximate surface area is 152 Å². The fourth-order valence-corrected chi connectivity index (χ4v) is 4.77. The predicted octanol–water partition coefficient (Wildman–Crippen LogP) is 4.33. The van der Waals surface area contributed by atoms with E-state index in [2.05, 4.69) is 4.98 Å². The lowest BCUT2D eigenvalue weighted by molar-refractivity contribution is 0.296. The van der Waals surface area contributed by atoms with Gasteiger partial charge in [-0.3, -0.25) is 9.36 Å². The first kappa shape index (κ1) is 15.9. The second kappa shape index (κ2) is 6.39. The molecular formula is C17H14Cl2N2O2S. The molecule has 3 aromatic rings. The molecular weight excluding hydrogens is 367 g/mol. The van der Waals surface area contributed by atoms with Crippen LogP contribution >= 0.6 is 34.5 Å². The van der Waals surface area contributed by atoms with E-state index in [0.29, 0.717) is 28.9 Å². The Morgan fingerprint density at radius 1 is 1.25 bits per heavy atom. The molecule has 7 heteroatoms. The van der Waals surface area contributed by atoms with Gasteiger partial charge in [0.2, 0.25) is 0 Å². The maximum atomic E-state index is 12.7. The van der Waals surface area contributed by atoms with Crippen LogP contribution in [0.4, 0.5) is 0 Å². The summed E-state index contributed by atoms with van der Waals surface area (Å²) in [5.41, 5.74) is 1.20. The van der Waals surface area contributed by atoms with Crippen LogP contribution in [-0.4, -0.2) is 16.2 Å². The van der Waals surface area contributed by atoms with Crippen molar-refractivity contribution in [2.45, 2.75) is 25.8 Å². The lowest BCUT2D eigenvalue weighted by atomic mass is 10.2. The molecule has 4 nitrogen and oxygen atoms in total. The number of para-hydroxylation sites is 1. The van der Waals surface area contributed by atoms with E-state index in [1.807, 2.05) is 0 Å². The molecule has 0 N–H and O–H groups in total. The van der Waals surface area contributed by atoms with Crippen molar-refractivity contribution in [1.82, 2.24) is 9.55 Å². The van der Waals surface area contributed by atoms with E-state index in [0.717, 1.165) is 29.5 Å². The second-order valence-electron chi connectivity index (χ2n) is 5.68. The van der Waals surface area contributed by atoms with E-state index in [4.69, 9.17) is 27.9 Å². The van der Waals surface area contributed by atoms with Gasteiger partial charge in [0.15, 0.2) is 5.75 Å². The van der Waals surface area contributed by atoms with Crippen LogP contribution in [0.1, 0.15) is 16.9 Å². The van der Waals surface area contributed by atoms with Crippen LogP contribution in [0, 0.1) is 0 Å². The fourth-order valence-electron chi connectivity index (χ4n) is 3.05. The zero-order chi connectivity index (χ0) is 16.7. The van der Waals surface area contributed by atoms with Crippen molar-refractivity contribution in [2.75, 3.05) is 6.61 Å². The van der Waals surface area contributed by atoms with Gasteiger partial charge in [-0.25, -0.2) is 4.98 Å². The van der Waals surface area contributed by atoms with Crippen LogP contribution in [0.25, 0.3) is 10.2 Å². The molecule has 2 aromatic heterocycles. The highest BCUT2D eigenvalue weighted by molar-refractivity contribution is 7.18. The van der Waals surface area contributed by atoms with Crippen LogP contribution in [-0.2, 0) is 19.4 Å². The van der Waals surface area contributed by atoms with Crippen molar-refractivity contribution in [3.63, 3.8) is 0 Å². The number of ether oxygens (including phenoxy) is 1. The third kappa shape index (κ3) is 2.70. The minimum atomic E-state index is 0.00764. The molecule has 0 saturated heterocycles. The lowest BCUT2D eigenvalue weighted by Gasteiger charge is -2.10. The number of halogens is 2. The average molecular weight is 381 g/mol. The maximum absolute atomic E-state index is 12.7. The first-order chi connectivity index (χ1) is 11.6. The molecule has 4 rings (SSSR count). The summed E-state index contributed by atoms with van der Waals surface area (Å²) in [6, 6.07) is 5.20. The zero-order valence-electron chi connectivity index (χ0n) is 12.7. The molecule has 124 valence electrons. The van der Waals surface area contributed by atoms with Crippen molar-refractivity contribution in [3.05, 3.63) is 55.4 Å². The van der Waals surface area contributed by atoms with Crippen LogP contribution in [0.3, 0.4) is 0 Å². The van der Waals surface area contributed by atoms with E-state index in [-0.39, 0.29) is 5.56 Å². The van der Waals surface area contributed by atoms with Gasteiger partial charge in [0, 0.05) is 4.88 Å². The van der Waals surface area contributed by atoms with E-state index in [9.17, 15) is 4.79 Å². The molecule has 0 amide bonds. The number of fused-ring (bicyclic) bond motifs is 3. The van der Waals surface area contributed by atoms with Crippen LogP contribution in [0.15, 0.2) is 29.3 Å². The second-order valence-corrected chi connectivity index (χ2v) is 7.58. The Balaban J connectivity index is 1.57. The van der Waals surface area contributed by atoms with E-state index >= 15 is 0 Å². The summed E-state index contributed by atoms with van der Waals surface area (Å²) < 4.78 is 7.26. The Morgan fingerprint density at radius 2 is 2.04 bits per heavy atom. The Morgan fingerprint density at radius 3 is 2.83 bits per heavy atom. The largest absolute Gasteiger partial charge is 0.489 e. The van der Waals surface area contributed by atoms with Crippen LogP contribution in [0.2, 0.25) is 10.0 Å². The highest BCUT2D eigenvalue weighted by atomic mass is 35.5. The van der Waals surface area contributed by atoms with Gasteiger partial charge in [0.05, 0.1) is 28.3 Å². The van der Waals surface area contributed by atoms with E-state index in [1.54, 1.807) is 40.4 Å². The molecule has 1 aromatic carbocycles. The average Bonchev–Trinajstić information content (AvgIpc) is 3.13. The van der Waals surface area contributed by atoms with E-state index < -0.39 is 0 Å². The smallest absolute Gasteiger partial charge is 0.262 e. The highest BCUT2D eigenvalue weighted by Crippen LogP contribution is 2.34. The first-order valence-corrected chi connectivity index (χ1v) is 9.29. The Kier molecular flexibility index (Phi) is 4.24. The monoisotopic (exact) mass is 380 g/mol. The Bertz CT molecular complexity index is 960. The molecule has 2 heterocycles. The number of hydrogen-bond donors (Lipinski definition) is 0. The number of rotatable bonds is 4. The summed E-state index contributed by atoms with van der Waals surface area (Å²) in [6.07, 6.45) is 4.75. The quantitative estimate of drug-likeness (QED) is 0.676. The minimum absolute atomic E-state index is 0.00764. The number of benzene rings is 1. The molecule has 0 bridgehead atoms. The van der Waals surface area contributed by atoms with Crippen LogP contribution < -0.4 is 10.3 Å². The normalized spacial score (nSPS) is 13.4. The minimum Gasteiger partial charge on any atom is -0.489 e. The molecule has 1 aliphatic rings. The third-order valence-corrected chi connectivity index (χ3v) is 5.98. The molecule has 0 spiro atoms. The summed E-state index contributed by atoms with van der Waals surface area (Å²) in [5, 5.41) is 1.70. The number of aryl methyl sites for hydroxylation is 2. The topological polar surface area (TPSA) is 44.1 Å². The van der Waals surface area contributed by atoms with Crippen molar-refractivity contribution in [2.24, 2.45) is 0 Å². The molecule has 0 fully saturated rings. The number of aromatic nitrogens is 2. The molecule has 0 unspecified atom stereocenters. The fraction of sp³-hybridized carbons (Fsp3) is 0.294. The molecule has 0 saturated carbocycles. The van der Waals surface area contributed by atoms with Gasteiger partial charge in [-0.1, -0.05) is 29.3 Å². The number of nitrogens with zero attached hydrogens (tertiary/aromatic N) is 2. The van der Waals surface area contributed by atoms with Gasteiger partial charge >= 0.3 is 0 Å². The maximum Gasteiger partial charge on any atom is 0.262 e. The standard InChI is InChI=1S/C17H14Cl2N2O2S/c18-11-4-2-5-12(19)15(11)23-8-7-21-9-20-16-14(17(21)22)10-3-1-6-13(10)24-16/h2,4-5,9H,1,3,6-8H2. The van der Waals surface area contributed by atoms with Crippen molar-refractivity contribution < 1.29 is 4.74 Å². The molecule has 0 radical (unpaired) electrons. The van der Waals surface area contributed by atoms with Gasteiger partial charge in [-0.2, -0.15) is 0 Å². The van der Waals surface area contributed by atoms with Crippen molar-refractivity contribution >= 4 is 44.8 Å². The summed E-state index contributed by atoms with van der Waals surface area (Å²) in [5.74, 6) is 0.444. The van der Waals surface area contributed by atoms with Gasteiger partial charge in [-0.15, -0.1) is 11.3 Å². The summed E-state index contributed by atoms with van der Waals surface area (Å²) in [4.78, 5) is 19.3. The SMILES string of the molecule is O=c1c2c3c(sc2ncn1CCOc1c(Cl)cccc1Cl)CCC3. The Hall–Kier alpha value is -1.56. The zero-order valence-corrected chi connectivity index (χ0v) is 15.0. The number of hydrogen-bond acceptors (Lipinski definition) is 4. The van der Waals surface area contributed by atoms with Crippen LogP contribution in [0.5, 0.6) is 5.75 Å². The molecule has 0 atom stereocenters. The van der Waals surface area contributed by atoms with Gasteiger partial charge in [0.25, 0.3) is 5.56 Å². The van der Waals surface area contributed by atoms with Gasteiger partial charge < -0.3 is 4.74 Å². The summed E-state index contributed by atoms with van der Waals surface area (Å²) in [7, 11) is 0. The van der Waals surface area contributed by atoms with Gasteiger partial charge in [-0.05, 0) is 37.0 Å². The van der Waals surface area contributed by atoms with Crippen molar-refractivity contribution in [3.8, 4) is 5.75 Å². The van der Waals surface area contributed by atoms with Crippen molar-refractivity contribution in [1.29, 1.82) is 0 Å². The van der Waals surface area contributed by atoms with Gasteiger partial charge in [0.1, 0.15) is 11.4 Å².